The molecule has 0 spiro atoms. The zero-order valence-corrected chi connectivity index (χ0v) is 15.7. The predicted octanol–water partition coefficient (Wildman–Crippen LogP) is 2.93. The topological polar surface area (TPSA) is 105 Å². The average molecular weight is 413 g/mol. The second kappa shape index (κ2) is 7.21. The van der Waals surface area contributed by atoms with Crippen LogP contribution in [0.25, 0.3) is 11.5 Å². The highest BCUT2D eigenvalue weighted by Gasteiger charge is 2.45. The Morgan fingerprint density at radius 3 is 2.60 bits per heavy atom. The molecule has 5 rings (SSSR count). The van der Waals surface area contributed by atoms with Crippen LogP contribution in [0.5, 0.6) is 0 Å². The lowest BCUT2D eigenvalue weighted by atomic mass is 10.0. The predicted molar refractivity (Wildman–Crippen MR) is 98.1 cm³/mol. The molecule has 3 heterocycles. The highest BCUT2D eigenvalue weighted by Crippen LogP contribution is 2.43. The van der Waals surface area contributed by atoms with Crippen LogP contribution in [-0.2, 0) is 6.54 Å². The SMILES string of the molecule is O=C1c2cc(-c3nnc(C(F)F)o3)ccc2CN1C(C1CC1)C(O)c1ncccn1. The van der Waals surface area contributed by atoms with Gasteiger partial charge in [0.25, 0.3) is 11.8 Å². The number of carbonyl (C=O) groups is 1. The van der Waals surface area contributed by atoms with E-state index in [4.69, 9.17) is 4.42 Å². The van der Waals surface area contributed by atoms with Gasteiger partial charge in [0, 0.05) is 30.1 Å². The van der Waals surface area contributed by atoms with Crippen LogP contribution in [-0.4, -0.2) is 42.1 Å². The standard InChI is InChI=1S/C20H17F2N5O3/c21-16(22)19-26-25-18(30-19)11-4-5-12-9-27(20(29)13(12)8-11)14(10-2-3-10)15(28)17-23-6-1-7-24-17/h1,4-8,10,14-16,28H,2-3,9H2. The first kappa shape index (κ1) is 18.7. The molecule has 2 unspecified atom stereocenters. The largest absolute Gasteiger partial charge is 0.415 e. The molecule has 0 radical (unpaired) electrons. The number of rotatable bonds is 6. The fourth-order valence-electron chi connectivity index (χ4n) is 3.87. The molecule has 1 saturated carbocycles. The first-order valence-corrected chi connectivity index (χ1v) is 9.53. The number of carbonyl (C=O) groups excluding carboxylic acids is 1. The normalized spacial score (nSPS) is 18.0. The summed E-state index contributed by atoms with van der Waals surface area (Å²) < 4.78 is 30.4. The molecule has 0 bridgehead atoms. The van der Waals surface area contributed by atoms with Crippen molar-refractivity contribution in [3.8, 4) is 11.5 Å². The maximum Gasteiger partial charge on any atom is 0.314 e. The molecule has 1 aliphatic heterocycles. The van der Waals surface area contributed by atoms with E-state index >= 15 is 0 Å². The minimum atomic E-state index is -2.86. The van der Waals surface area contributed by atoms with Crippen LogP contribution >= 0.6 is 0 Å². The summed E-state index contributed by atoms with van der Waals surface area (Å²) >= 11 is 0. The number of aromatic nitrogens is 4. The fourth-order valence-corrected chi connectivity index (χ4v) is 3.87. The molecule has 2 atom stereocenters. The quantitative estimate of drug-likeness (QED) is 0.662. The summed E-state index contributed by atoms with van der Waals surface area (Å²) in [6.07, 6.45) is 1.08. The molecule has 8 nitrogen and oxygen atoms in total. The lowest BCUT2D eigenvalue weighted by Gasteiger charge is -2.31. The molecule has 30 heavy (non-hydrogen) atoms. The van der Waals surface area contributed by atoms with E-state index in [9.17, 15) is 18.7 Å². The van der Waals surface area contributed by atoms with Gasteiger partial charge in [-0.3, -0.25) is 4.79 Å². The number of fused-ring (bicyclic) bond motifs is 1. The Morgan fingerprint density at radius 2 is 1.93 bits per heavy atom. The summed E-state index contributed by atoms with van der Waals surface area (Å²) in [4.78, 5) is 23.1. The van der Waals surface area contributed by atoms with Crippen molar-refractivity contribution in [3.05, 3.63) is 59.5 Å². The minimum absolute atomic E-state index is 0.0733. The number of aliphatic hydroxyl groups excluding tert-OH is 1. The molecule has 1 aromatic carbocycles. The molecule has 1 N–H and O–H groups in total. The van der Waals surface area contributed by atoms with Crippen molar-refractivity contribution in [2.45, 2.75) is 38.0 Å². The van der Waals surface area contributed by atoms with Crippen LogP contribution in [0.3, 0.4) is 0 Å². The van der Waals surface area contributed by atoms with Gasteiger partial charge in [-0.25, -0.2) is 9.97 Å². The number of hydrogen-bond donors (Lipinski definition) is 1. The number of amides is 1. The number of halogens is 2. The van der Waals surface area contributed by atoms with Crippen LogP contribution in [0, 0.1) is 5.92 Å². The zero-order chi connectivity index (χ0) is 20.8. The second-order valence-corrected chi connectivity index (χ2v) is 7.43. The fraction of sp³-hybridized carbons (Fsp3) is 0.350. The van der Waals surface area contributed by atoms with Crippen molar-refractivity contribution in [1.29, 1.82) is 0 Å². The van der Waals surface area contributed by atoms with Crippen LogP contribution in [0.1, 0.15) is 53.0 Å². The third-order valence-electron chi connectivity index (χ3n) is 5.45. The number of aliphatic hydroxyl groups is 1. The van der Waals surface area contributed by atoms with Gasteiger partial charge in [-0.1, -0.05) is 6.07 Å². The van der Waals surface area contributed by atoms with Crippen LogP contribution < -0.4 is 0 Å². The van der Waals surface area contributed by atoms with Gasteiger partial charge >= 0.3 is 6.43 Å². The molecular formula is C20H17F2N5O3. The summed E-state index contributed by atoms with van der Waals surface area (Å²) in [5.41, 5.74) is 1.60. The highest BCUT2D eigenvalue weighted by atomic mass is 19.3. The van der Waals surface area contributed by atoms with Gasteiger partial charge in [0.1, 0.15) is 6.10 Å². The van der Waals surface area contributed by atoms with E-state index in [0.29, 0.717) is 17.7 Å². The van der Waals surface area contributed by atoms with Crippen molar-refractivity contribution in [1.82, 2.24) is 25.1 Å². The highest BCUT2D eigenvalue weighted by molar-refractivity contribution is 5.99. The molecule has 0 saturated heterocycles. The third kappa shape index (κ3) is 3.22. The Bertz CT molecular complexity index is 1090. The lowest BCUT2D eigenvalue weighted by molar-refractivity contribution is 0.0259. The smallest absolute Gasteiger partial charge is 0.314 e. The van der Waals surface area contributed by atoms with E-state index in [0.717, 1.165) is 18.4 Å². The van der Waals surface area contributed by atoms with E-state index in [2.05, 4.69) is 20.2 Å². The monoisotopic (exact) mass is 413 g/mol. The Hall–Kier alpha value is -3.27. The summed E-state index contributed by atoms with van der Waals surface area (Å²) in [5, 5.41) is 17.9. The number of nitrogens with zero attached hydrogens (tertiary/aromatic N) is 5. The van der Waals surface area contributed by atoms with E-state index in [-0.39, 0.29) is 23.5 Å². The number of benzene rings is 1. The second-order valence-electron chi connectivity index (χ2n) is 7.43. The summed E-state index contributed by atoms with van der Waals surface area (Å²) in [7, 11) is 0. The van der Waals surface area contributed by atoms with Crippen molar-refractivity contribution >= 4 is 5.91 Å². The number of alkyl halides is 2. The van der Waals surface area contributed by atoms with Crippen molar-refractivity contribution in [2.75, 3.05) is 0 Å². The number of hydrogen-bond acceptors (Lipinski definition) is 7. The Labute approximate surface area is 169 Å². The van der Waals surface area contributed by atoms with Gasteiger partial charge in [-0.2, -0.15) is 8.78 Å². The maximum absolute atomic E-state index is 13.2. The molecule has 2 aliphatic rings. The van der Waals surface area contributed by atoms with Crippen molar-refractivity contribution in [2.24, 2.45) is 5.92 Å². The first-order valence-electron chi connectivity index (χ1n) is 9.53. The Kier molecular flexibility index (Phi) is 4.50. The maximum atomic E-state index is 13.2. The van der Waals surface area contributed by atoms with Crippen LogP contribution in [0.4, 0.5) is 8.78 Å². The van der Waals surface area contributed by atoms with Gasteiger partial charge in [0.15, 0.2) is 5.82 Å². The third-order valence-corrected chi connectivity index (χ3v) is 5.45. The van der Waals surface area contributed by atoms with E-state index < -0.39 is 24.5 Å². The van der Waals surface area contributed by atoms with Gasteiger partial charge < -0.3 is 14.4 Å². The molecule has 10 heteroatoms. The van der Waals surface area contributed by atoms with Crippen LogP contribution in [0.15, 0.2) is 41.1 Å². The van der Waals surface area contributed by atoms with Crippen molar-refractivity contribution < 1.29 is 23.1 Å². The van der Waals surface area contributed by atoms with E-state index in [1.165, 1.54) is 0 Å². The van der Waals surface area contributed by atoms with E-state index in [1.807, 2.05) is 0 Å². The van der Waals surface area contributed by atoms with Crippen molar-refractivity contribution in [3.63, 3.8) is 0 Å². The van der Waals surface area contributed by atoms with Gasteiger partial charge in [0.2, 0.25) is 5.89 Å². The Morgan fingerprint density at radius 1 is 1.17 bits per heavy atom. The summed E-state index contributed by atoms with van der Waals surface area (Å²) in [6, 6.07) is 6.18. The van der Waals surface area contributed by atoms with E-state index in [1.54, 1.807) is 41.6 Å². The average Bonchev–Trinajstić information content (AvgIpc) is 3.36. The zero-order valence-electron chi connectivity index (χ0n) is 15.7. The summed E-state index contributed by atoms with van der Waals surface area (Å²) in [5.74, 6) is -0.628. The molecular weight excluding hydrogens is 396 g/mol. The lowest BCUT2D eigenvalue weighted by Crippen LogP contribution is -2.42. The Balaban J connectivity index is 1.44. The summed E-state index contributed by atoms with van der Waals surface area (Å²) in [6.45, 7) is 0.339. The molecule has 2 aromatic heterocycles. The molecule has 154 valence electrons. The molecule has 1 fully saturated rings. The molecule has 1 aliphatic carbocycles. The van der Waals surface area contributed by atoms with Gasteiger partial charge in [0.05, 0.1) is 6.04 Å². The van der Waals surface area contributed by atoms with Gasteiger partial charge in [-0.05, 0) is 42.5 Å². The molecule has 3 aromatic rings. The molecule has 1 amide bonds. The van der Waals surface area contributed by atoms with Crippen LogP contribution in [0.2, 0.25) is 0 Å². The first-order chi connectivity index (χ1) is 14.5. The van der Waals surface area contributed by atoms with Gasteiger partial charge in [-0.15, -0.1) is 10.2 Å². The minimum Gasteiger partial charge on any atom is -0.415 e.